The summed E-state index contributed by atoms with van der Waals surface area (Å²) < 4.78 is 10.5. The third kappa shape index (κ3) is 4.83. The van der Waals surface area contributed by atoms with Crippen molar-refractivity contribution < 1.29 is 19.1 Å². The Balaban J connectivity index is 1.48. The molecule has 0 bridgehead atoms. The van der Waals surface area contributed by atoms with Crippen LogP contribution in [-0.2, 0) is 27.4 Å². The predicted molar refractivity (Wildman–Crippen MR) is 97.5 cm³/mol. The van der Waals surface area contributed by atoms with Crippen molar-refractivity contribution >= 4 is 17.7 Å². The van der Waals surface area contributed by atoms with Crippen LogP contribution in [0.1, 0.15) is 18.1 Å². The van der Waals surface area contributed by atoms with Gasteiger partial charge in [-0.25, -0.2) is 4.79 Å². The average Bonchev–Trinajstić information content (AvgIpc) is 3.06. The Morgan fingerprint density at radius 3 is 2.54 bits per heavy atom. The summed E-state index contributed by atoms with van der Waals surface area (Å²) in [4.78, 5) is 25.3. The summed E-state index contributed by atoms with van der Waals surface area (Å²) in [6, 6.07) is 17.1. The smallest absolute Gasteiger partial charge is 0.410 e. The summed E-state index contributed by atoms with van der Waals surface area (Å²) in [6.07, 6.45) is -0.846. The van der Waals surface area contributed by atoms with Crippen LogP contribution in [0.15, 0.2) is 54.6 Å². The number of anilines is 1. The number of nitrogens with zero attached hydrogens (tertiary/aromatic N) is 1. The third-order valence-electron chi connectivity index (χ3n) is 4.15. The van der Waals surface area contributed by atoms with Crippen LogP contribution in [-0.4, -0.2) is 36.2 Å². The molecule has 1 fully saturated rings. The number of nitrogens with one attached hydrogen (secondary N) is 1. The molecule has 1 unspecified atom stereocenters. The fourth-order valence-electron chi connectivity index (χ4n) is 2.60. The number of amides is 2. The predicted octanol–water partition coefficient (Wildman–Crippen LogP) is 3.18. The first kappa shape index (κ1) is 17.9. The SMILES string of the molecule is CC(OCc1ccccc1)C(=O)Nc1ccc(CN2CCOC2=O)cc1. The molecule has 0 radical (unpaired) electrons. The fraction of sp³-hybridized carbons (Fsp3) is 0.300. The van der Waals surface area contributed by atoms with E-state index in [0.717, 1.165) is 11.1 Å². The highest BCUT2D eigenvalue weighted by atomic mass is 16.6. The van der Waals surface area contributed by atoms with Crippen molar-refractivity contribution in [2.75, 3.05) is 18.5 Å². The average molecular weight is 354 g/mol. The Morgan fingerprint density at radius 2 is 1.88 bits per heavy atom. The minimum Gasteiger partial charge on any atom is -0.448 e. The van der Waals surface area contributed by atoms with Crippen molar-refractivity contribution in [3.8, 4) is 0 Å². The molecule has 1 N–H and O–H groups in total. The van der Waals surface area contributed by atoms with Crippen molar-refractivity contribution in [1.82, 2.24) is 4.90 Å². The van der Waals surface area contributed by atoms with Crippen molar-refractivity contribution in [3.63, 3.8) is 0 Å². The lowest BCUT2D eigenvalue weighted by molar-refractivity contribution is -0.127. The molecule has 26 heavy (non-hydrogen) atoms. The van der Waals surface area contributed by atoms with Gasteiger partial charge < -0.3 is 19.7 Å². The first-order valence-corrected chi connectivity index (χ1v) is 8.59. The van der Waals surface area contributed by atoms with Gasteiger partial charge >= 0.3 is 6.09 Å². The minimum atomic E-state index is -0.561. The standard InChI is InChI=1S/C20H22N2O4/c1-15(26-14-17-5-3-2-4-6-17)19(23)21-18-9-7-16(8-10-18)13-22-11-12-25-20(22)24/h2-10,15H,11-14H2,1H3,(H,21,23). The van der Waals surface area contributed by atoms with E-state index in [1.165, 1.54) is 0 Å². The lowest BCUT2D eigenvalue weighted by atomic mass is 10.2. The number of hydrogen-bond donors (Lipinski definition) is 1. The van der Waals surface area contributed by atoms with Gasteiger partial charge in [0.1, 0.15) is 12.7 Å². The van der Waals surface area contributed by atoms with E-state index < -0.39 is 6.10 Å². The lowest BCUT2D eigenvalue weighted by Gasteiger charge is -2.15. The summed E-state index contributed by atoms with van der Waals surface area (Å²) in [6.45, 7) is 3.66. The van der Waals surface area contributed by atoms with Gasteiger partial charge in [0.05, 0.1) is 13.2 Å². The van der Waals surface area contributed by atoms with E-state index in [9.17, 15) is 9.59 Å². The maximum Gasteiger partial charge on any atom is 0.410 e. The van der Waals surface area contributed by atoms with Gasteiger partial charge in [0, 0.05) is 12.2 Å². The number of cyclic esters (lactones) is 1. The normalized spacial score (nSPS) is 14.8. The second kappa shape index (κ2) is 8.49. The summed E-state index contributed by atoms with van der Waals surface area (Å²) in [5.41, 5.74) is 2.70. The molecule has 1 aliphatic rings. The van der Waals surface area contributed by atoms with Gasteiger partial charge in [-0.1, -0.05) is 42.5 Å². The van der Waals surface area contributed by atoms with Crippen molar-refractivity contribution in [1.29, 1.82) is 0 Å². The van der Waals surface area contributed by atoms with E-state index in [1.54, 1.807) is 11.8 Å². The monoisotopic (exact) mass is 354 g/mol. The van der Waals surface area contributed by atoms with Crippen LogP contribution in [0.25, 0.3) is 0 Å². The van der Waals surface area contributed by atoms with Crippen molar-refractivity contribution in [2.24, 2.45) is 0 Å². The van der Waals surface area contributed by atoms with Gasteiger partial charge in [0.25, 0.3) is 5.91 Å². The summed E-state index contributed by atoms with van der Waals surface area (Å²) in [5, 5.41) is 2.84. The molecule has 1 heterocycles. The fourth-order valence-corrected chi connectivity index (χ4v) is 2.60. The van der Waals surface area contributed by atoms with E-state index in [4.69, 9.17) is 9.47 Å². The zero-order valence-corrected chi connectivity index (χ0v) is 14.7. The number of carbonyl (C=O) groups excluding carboxylic acids is 2. The van der Waals surface area contributed by atoms with Crippen LogP contribution in [0.4, 0.5) is 10.5 Å². The van der Waals surface area contributed by atoms with Crippen LogP contribution in [0.2, 0.25) is 0 Å². The molecule has 6 heteroatoms. The molecule has 1 saturated heterocycles. The van der Waals surface area contributed by atoms with E-state index in [-0.39, 0.29) is 12.0 Å². The molecular formula is C20H22N2O4. The first-order chi connectivity index (χ1) is 12.6. The molecule has 6 nitrogen and oxygen atoms in total. The molecular weight excluding hydrogens is 332 g/mol. The zero-order valence-electron chi connectivity index (χ0n) is 14.7. The molecule has 3 rings (SSSR count). The molecule has 0 saturated carbocycles. The van der Waals surface area contributed by atoms with E-state index in [2.05, 4.69) is 5.32 Å². The zero-order chi connectivity index (χ0) is 18.4. The number of benzene rings is 2. The minimum absolute atomic E-state index is 0.197. The van der Waals surface area contributed by atoms with Crippen molar-refractivity contribution in [2.45, 2.75) is 26.2 Å². The molecule has 2 aromatic carbocycles. The molecule has 1 atom stereocenters. The maximum absolute atomic E-state index is 12.2. The Morgan fingerprint density at radius 1 is 1.15 bits per heavy atom. The van der Waals surface area contributed by atoms with Gasteiger partial charge in [-0.05, 0) is 30.2 Å². The topological polar surface area (TPSA) is 67.9 Å². The molecule has 2 amide bonds. The Bertz CT molecular complexity index is 746. The van der Waals surface area contributed by atoms with E-state index in [0.29, 0.717) is 32.0 Å². The third-order valence-corrected chi connectivity index (χ3v) is 4.15. The highest BCUT2D eigenvalue weighted by molar-refractivity contribution is 5.93. The van der Waals surface area contributed by atoms with Gasteiger partial charge in [-0.3, -0.25) is 4.79 Å². The Kier molecular flexibility index (Phi) is 5.86. The molecule has 136 valence electrons. The van der Waals surface area contributed by atoms with Gasteiger partial charge in [-0.2, -0.15) is 0 Å². The second-order valence-corrected chi connectivity index (χ2v) is 6.16. The van der Waals surface area contributed by atoms with Gasteiger partial charge in [0.15, 0.2) is 0 Å². The van der Waals surface area contributed by atoms with Crippen LogP contribution in [0.3, 0.4) is 0 Å². The first-order valence-electron chi connectivity index (χ1n) is 8.59. The Hall–Kier alpha value is -2.86. The van der Waals surface area contributed by atoms with E-state index >= 15 is 0 Å². The van der Waals surface area contributed by atoms with Crippen LogP contribution >= 0.6 is 0 Å². The van der Waals surface area contributed by atoms with Crippen LogP contribution < -0.4 is 5.32 Å². The summed E-state index contributed by atoms with van der Waals surface area (Å²) in [5.74, 6) is -0.197. The molecule has 2 aromatic rings. The molecule has 0 spiro atoms. The largest absolute Gasteiger partial charge is 0.448 e. The number of rotatable bonds is 7. The van der Waals surface area contributed by atoms with Crippen LogP contribution in [0, 0.1) is 0 Å². The quantitative estimate of drug-likeness (QED) is 0.829. The Labute approximate surface area is 152 Å². The second-order valence-electron chi connectivity index (χ2n) is 6.16. The highest BCUT2D eigenvalue weighted by Gasteiger charge is 2.21. The lowest BCUT2D eigenvalue weighted by Crippen LogP contribution is -2.27. The highest BCUT2D eigenvalue weighted by Crippen LogP contribution is 2.15. The van der Waals surface area contributed by atoms with E-state index in [1.807, 2.05) is 54.6 Å². The molecule has 0 aliphatic carbocycles. The molecule has 0 aromatic heterocycles. The number of hydrogen-bond acceptors (Lipinski definition) is 4. The van der Waals surface area contributed by atoms with Gasteiger partial charge in [0.2, 0.25) is 0 Å². The van der Waals surface area contributed by atoms with Crippen molar-refractivity contribution in [3.05, 3.63) is 65.7 Å². The molecule has 1 aliphatic heterocycles. The summed E-state index contributed by atoms with van der Waals surface area (Å²) >= 11 is 0. The van der Waals surface area contributed by atoms with Gasteiger partial charge in [-0.15, -0.1) is 0 Å². The number of carbonyl (C=O) groups is 2. The van der Waals surface area contributed by atoms with Crippen LogP contribution in [0.5, 0.6) is 0 Å². The number of ether oxygens (including phenoxy) is 2. The maximum atomic E-state index is 12.2. The summed E-state index contributed by atoms with van der Waals surface area (Å²) in [7, 11) is 0.